The topological polar surface area (TPSA) is 47.5 Å². The Balaban J connectivity index is 1.72. The first-order valence-electron chi connectivity index (χ1n) is 7.10. The van der Waals surface area contributed by atoms with Crippen LogP contribution in [0.1, 0.15) is 12.8 Å². The Morgan fingerprint density at radius 1 is 1.15 bits per heavy atom. The molecule has 0 saturated carbocycles. The van der Waals surface area contributed by atoms with Gasteiger partial charge in [-0.05, 0) is 12.5 Å². The van der Waals surface area contributed by atoms with E-state index in [1.165, 1.54) is 0 Å². The minimum atomic E-state index is -0.414. The van der Waals surface area contributed by atoms with Crippen molar-refractivity contribution in [3.05, 3.63) is 30.5 Å². The van der Waals surface area contributed by atoms with Crippen LogP contribution in [0.4, 0.5) is 5.69 Å². The summed E-state index contributed by atoms with van der Waals surface area (Å²) < 4.78 is 11.7. The van der Waals surface area contributed by atoms with Crippen LogP contribution >= 0.6 is 0 Å². The monoisotopic (exact) mass is 271 g/mol. The van der Waals surface area contributed by atoms with Gasteiger partial charge in [0.1, 0.15) is 0 Å². The molecule has 5 heteroatoms. The van der Waals surface area contributed by atoms with Gasteiger partial charge < -0.3 is 14.4 Å². The van der Waals surface area contributed by atoms with Gasteiger partial charge in [-0.1, -0.05) is 18.2 Å². The summed E-state index contributed by atoms with van der Waals surface area (Å²) in [6.45, 7) is 3.17. The minimum Gasteiger partial charge on any atom is -0.364 e. The smallest absolute Gasteiger partial charge is 0.186 e. The molecule has 2 saturated heterocycles. The minimum absolute atomic E-state index is 0.414. The Bertz CT molecular complexity index is 620. The Kier molecular flexibility index (Phi) is 2.82. The molecule has 2 aliphatic heterocycles. The van der Waals surface area contributed by atoms with Crippen LogP contribution in [0.25, 0.3) is 10.9 Å². The number of anilines is 1. The SMILES string of the molecule is c1ccc2c(N3CCCC4(C3)OCCO4)cnnc2c1. The second-order valence-electron chi connectivity index (χ2n) is 5.38. The van der Waals surface area contributed by atoms with Crippen LogP contribution in [0.15, 0.2) is 30.5 Å². The molecule has 2 aromatic rings. The summed E-state index contributed by atoms with van der Waals surface area (Å²) in [6.07, 6.45) is 3.88. The van der Waals surface area contributed by atoms with Crippen molar-refractivity contribution in [1.82, 2.24) is 10.2 Å². The van der Waals surface area contributed by atoms with Gasteiger partial charge >= 0.3 is 0 Å². The van der Waals surface area contributed by atoms with Crippen LogP contribution in [0.5, 0.6) is 0 Å². The number of rotatable bonds is 1. The van der Waals surface area contributed by atoms with E-state index in [4.69, 9.17) is 9.47 Å². The molecule has 20 heavy (non-hydrogen) atoms. The molecule has 0 amide bonds. The fourth-order valence-electron chi connectivity index (χ4n) is 3.17. The van der Waals surface area contributed by atoms with E-state index in [-0.39, 0.29) is 0 Å². The number of benzene rings is 1. The second-order valence-corrected chi connectivity index (χ2v) is 5.38. The lowest BCUT2D eigenvalue weighted by Crippen LogP contribution is -2.49. The Hall–Kier alpha value is -1.72. The maximum absolute atomic E-state index is 5.85. The van der Waals surface area contributed by atoms with Crippen molar-refractivity contribution in [3.63, 3.8) is 0 Å². The fraction of sp³-hybridized carbons (Fsp3) is 0.467. The number of ether oxygens (including phenoxy) is 2. The van der Waals surface area contributed by atoms with Crippen molar-refractivity contribution in [2.45, 2.75) is 18.6 Å². The Labute approximate surface area is 117 Å². The largest absolute Gasteiger partial charge is 0.364 e. The Morgan fingerprint density at radius 3 is 2.90 bits per heavy atom. The summed E-state index contributed by atoms with van der Waals surface area (Å²) in [4.78, 5) is 2.31. The van der Waals surface area contributed by atoms with Crippen LogP contribution < -0.4 is 4.90 Å². The third-order valence-corrected chi connectivity index (χ3v) is 4.10. The summed E-state index contributed by atoms with van der Waals surface area (Å²) >= 11 is 0. The van der Waals surface area contributed by atoms with Crippen molar-refractivity contribution in [2.24, 2.45) is 0 Å². The standard InChI is InChI=1S/C15H17N3O2/c1-2-5-13-12(4-1)14(10-16-17-13)18-7-3-6-15(11-18)19-8-9-20-15/h1-2,4-5,10H,3,6-9,11H2. The first-order chi connectivity index (χ1) is 9.86. The number of piperidine rings is 1. The lowest BCUT2D eigenvalue weighted by molar-refractivity contribution is -0.161. The van der Waals surface area contributed by atoms with Gasteiger partial charge in [0.15, 0.2) is 5.79 Å². The third kappa shape index (κ3) is 1.94. The average Bonchev–Trinajstić information content (AvgIpc) is 2.94. The van der Waals surface area contributed by atoms with Crippen molar-refractivity contribution < 1.29 is 9.47 Å². The summed E-state index contributed by atoms with van der Waals surface area (Å²) in [5, 5.41) is 9.45. The van der Waals surface area contributed by atoms with Crippen molar-refractivity contribution in [3.8, 4) is 0 Å². The quantitative estimate of drug-likeness (QED) is 0.793. The lowest BCUT2D eigenvalue weighted by Gasteiger charge is -2.39. The predicted octanol–water partition coefficient (Wildman–Crippen LogP) is 1.97. The number of hydrogen-bond acceptors (Lipinski definition) is 5. The van der Waals surface area contributed by atoms with Gasteiger partial charge in [0, 0.05) is 18.4 Å². The summed E-state index contributed by atoms with van der Waals surface area (Å²) in [5.74, 6) is -0.414. The van der Waals surface area contributed by atoms with Gasteiger partial charge in [-0.2, -0.15) is 10.2 Å². The molecule has 104 valence electrons. The zero-order valence-corrected chi connectivity index (χ0v) is 11.3. The van der Waals surface area contributed by atoms with Crippen molar-refractivity contribution >= 4 is 16.6 Å². The van der Waals surface area contributed by atoms with Crippen LogP contribution in [0.2, 0.25) is 0 Å². The van der Waals surface area contributed by atoms with Crippen LogP contribution in [-0.4, -0.2) is 42.3 Å². The van der Waals surface area contributed by atoms with E-state index in [1.807, 2.05) is 24.4 Å². The predicted molar refractivity (Wildman–Crippen MR) is 75.6 cm³/mol. The van der Waals surface area contributed by atoms with Gasteiger partial charge in [0.2, 0.25) is 0 Å². The van der Waals surface area contributed by atoms with E-state index < -0.39 is 5.79 Å². The van der Waals surface area contributed by atoms with Gasteiger partial charge in [-0.25, -0.2) is 0 Å². The highest BCUT2D eigenvalue weighted by atomic mass is 16.7. The van der Waals surface area contributed by atoms with Gasteiger partial charge in [0.25, 0.3) is 0 Å². The summed E-state index contributed by atoms with van der Waals surface area (Å²) in [5.41, 5.74) is 2.05. The molecule has 3 heterocycles. The molecular weight excluding hydrogens is 254 g/mol. The van der Waals surface area contributed by atoms with Crippen LogP contribution in [0, 0.1) is 0 Å². The Morgan fingerprint density at radius 2 is 2.00 bits per heavy atom. The highest BCUT2D eigenvalue weighted by Gasteiger charge is 2.41. The lowest BCUT2D eigenvalue weighted by atomic mass is 10.0. The number of fused-ring (bicyclic) bond motifs is 1. The van der Waals surface area contributed by atoms with Gasteiger partial charge in [-0.3, -0.25) is 0 Å². The molecular formula is C15H17N3O2. The first kappa shape index (κ1) is 12.1. The molecule has 5 nitrogen and oxygen atoms in total. The molecule has 0 bridgehead atoms. The summed E-state index contributed by atoms with van der Waals surface area (Å²) in [6, 6.07) is 8.11. The molecule has 0 atom stereocenters. The first-order valence-corrected chi connectivity index (χ1v) is 7.10. The normalized spacial score (nSPS) is 21.7. The molecule has 0 N–H and O–H groups in total. The highest BCUT2D eigenvalue weighted by molar-refractivity contribution is 5.90. The zero-order chi connectivity index (χ0) is 13.4. The maximum Gasteiger partial charge on any atom is 0.186 e. The molecule has 4 rings (SSSR count). The van der Waals surface area contributed by atoms with E-state index >= 15 is 0 Å². The third-order valence-electron chi connectivity index (χ3n) is 4.10. The number of aromatic nitrogens is 2. The average molecular weight is 271 g/mol. The molecule has 1 aromatic carbocycles. The van der Waals surface area contributed by atoms with E-state index in [0.717, 1.165) is 42.5 Å². The molecule has 1 spiro atoms. The molecule has 2 fully saturated rings. The van der Waals surface area contributed by atoms with E-state index in [1.54, 1.807) is 0 Å². The fourth-order valence-corrected chi connectivity index (χ4v) is 3.17. The highest BCUT2D eigenvalue weighted by Crippen LogP contribution is 2.34. The van der Waals surface area contributed by atoms with E-state index in [9.17, 15) is 0 Å². The van der Waals surface area contributed by atoms with Crippen molar-refractivity contribution in [2.75, 3.05) is 31.2 Å². The molecule has 2 aliphatic rings. The van der Waals surface area contributed by atoms with Crippen LogP contribution in [-0.2, 0) is 9.47 Å². The van der Waals surface area contributed by atoms with E-state index in [2.05, 4.69) is 21.2 Å². The van der Waals surface area contributed by atoms with E-state index in [0.29, 0.717) is 13.2 Å². The molecule has 0 unspecified atom stereocenters. The number of nitrogens with zero attached hydrogens (tertiary/aromatic N) is 3. The molecule has 1 aromatic heterocycles. The van der Waals surface area contributed by atoms with Crippen LogP contribution in [0.3, 0.4) is 0 Å². The number of hydrogen-bond donors (Lipinski definition) is 0. The van der Waals surface area contributed by atoms with Gasteiger partial charge in [-0.15, -0.1) is 0 Å². The molecule has 0 radical (unpaired) electrons. The second kappa shape index (κ2) is 4.68. The van der Waals surface area contributed by atoms with Crippen molar-refractivity contribution in [1.29, 1.82) is 0 Å². The zero-order valence-electron chi connectivity index (χ0n) is 11.3. The maximum atomic E-state index is 5.85. The van der Waals surface area contributed by atoms with Gasteiger partial charge in [0.05, 0.1) is 37.2 Å². The molecule has 0 aliphatic carbocycles. The summed E-state index contributed by atoms with van der Waals surface area (Å²) in [7, 11) is 0.